The average molecular weight is 413 g/mol. The Morgan fingerprint density at radius 3 is 1.86 bits per heavy atom. The van der Waals surface area contributed by atoms with E-state index in [2.05, 4.69) is 0 Å². The number of unbranched alkanes of at least 4 members (excludes halogenated alkanes) is 9. The summed E-state index contributed by atoms with van der Waals surface area (Å²) in [6, 6.07) is 0. The van der Waals surface area contributed by atoms with Crippen LogP contribution in [-0.2, 0) is 9.59 Å². The number of carboxylic acid groups (broad SMARTS) is 1. The molecule has 3 N–H and O–H groups in total. The topological polar surface area (TPSA) is 94.8 Å². The maximum atomic E-state index is 12.3. The van der Waals surface area contributed by atoms with E-state index in [-0.39, 0.29) is 6.54 Å². The minimum atomic E-state index is -1.90. The van der Waals surface area contributed by atoms with Gasteiger partial charge in [0.2, 0.25) is 0 Å². The minimum Gasteiger partial charge on any atom is -0.481 e. The summed E-state index contributed by atoms with van der Waals surface area (Å²) in [5.41, 5.74) is -1.90. The Labute approximate surface area is 176 Å². The molecule has 6 heteroatoms. The van der Waals surface area contributed by atoms with Crippen molar-refractivity contribution in [2.75, 3.05) is 34.3 Å². The lowest BCUT2D eigenvalue weighted by molar-refractivity contribution is -0.875. The summed E-state index contributed by atoms with van der Waals surface area (Å²) in [6.45, 7) is 0.337. The van der Waals surface area contributed by atoms with Gasteiger partial charge in [0.25, 0.3) is 0 Å². The number of quaternary nitrogens is 1. The fraction of sp³-hybridized carbons (Fsp3) is 0.739. The van der Waals surface area contributed by atoms with Gasteiger partial charge in [-0.15, -0.1) is 0 Å². The van der Waals surface area contributed by atoms with Crippen LogP contribution in [0.15, 0.2) is 24.3 Å². The van der Waals surface area contributed by atoms with E-state index in [4.69, 9.17) is 10.2 Å². The quantitative estimate of drug-likeness (QED) is 0.139. The third-order valence-corrected chi connectivity index (χ3v) is 4.66. The largest absolute Gasteiger partial charge is 0.481 e. The first kappa shape index (κ1) is 27.5. The molecule has 168 valence electrons. The van der Waals surface area contributed by atoms with Crippen molar-refractivity contribution < 1.29 is 29.4 Å². The standard InChI is InChI=1S/C23H41NO5/c1-24(2,3)20-23(29,19-22(27)28)21(26)17-15-13-11-9-7-5-4-6-8-10-12-14-16-18-25/h11,13,15,17,25,29H,4-10,12,14,16,18-20H2,1-3H3/p+1. The monoisotopic (exact) mass is 412 g/mol. The van der Waals surface area contributed by atoms with Crippen molar-refractivity contribution in [1.29, 1.82) is 0 Å². The van der Waals surface area contributed by atoms with Crippen LogP contribution in [-0.4, -0.2) is 71.5 Å². The predicted molar refractivity (Wildman–Crippen MR) is 117 cm³/mol. The normalized spacial score (nSPS) is 14.5. The number of allylic oxidation sites excluding steroid dienone is 3. The Bertz CT molecular complexity index is 522. The molecule has 0 aliphatic rings. The lowest BCUT2D eigenvalue weighted by atomic mass is 9.92. The van der Waals surface area contributed by atoms with Gasteiger partial charge in [-0.2, -0.15) is 0 Å². The van der Waals surface area contributed by atoms with Crippen LogP contribution in [0.2, 0.25) is 0 Å². The molecule has 1 atom stereocenters. The summed E-state index contributed by atoms with van der Waals surface area (Å²) in [5.74, 6) is -1.76. The van der Waals surface area contributed by atoms with Crippen LogP contribution in [0, 0.1) is 0 Å². The number of nitrogens with zero attached hydrogens (tertiary/aromatic N) is 1. The number of rotatable bonds is 18. The molecule has 0 heterocycles. The Balaban J connectivity index is 4.09. The molecule has 0 spiro atoms. The van der Waals surface area contributed by atoms with Gasteiger partial charge < -0.3 is 19.8 Å². The number of likely N-dealkylation sites (N-methyl/N-ethyl adjacent to an activating group) is 1. The number of ketones is 1. The van der Waals surface area contributed by atoms with Crippen molar-refractivity contribution in [1.82, 2.24) is 0 Å². The first-order valence-corrected chi connectivity index (χ1v) is 10.8. The summed E-state index contributed by atoms with van der Waals surface area (Å²) < 4.78 is 0.294. The van der Waals surface area contributed by atoms with E-state index >= 15 is 0 Å². The molecule has 0 rings (SSSR count). The minimum absolute atomic E-state index is 0.0353. The average Bonchev–Trinajstić information content (AvgIpc) is 2.59. The van der Waals surface area contributed by atoms with Gasteiger partial charge in [0.1, 0.15) is 6.54 Å². The van der Waals surface area contributed by atoms with Crippen LogP contribution in [0.25, 0.3) is 0 Å². The highest BCUT2D eigenvalue weighted by Gasteiger charge is 2.41. The molecular weight excluding hydrogens is 370 g/mol. The fourth-order valence-corrected chi connectivity index (χ4v) is 3.34. The first-order chi connectivity index (χ1) is 13.6. The fourth-order valence-electron chi connectivity index (χ4n) is 3.34. The molecule has 0 aromatic carbocycles. The summed E-state index contributed by atoms with van der Waals surface area (Å²) in [4.78, 5) is 23.4. The number of carboxylic acids is 1. The molecule has 0 aromatic rings. The SMILES string of the molecule is C[N+](C)(C)CC(O)(CC(=O)O)C(=O)C=CC=CCCCCCCCCCCCO. The van der Waals surface area contributed by atoms with E-state index in [0.717, 1.165) is 25.7 Å². The lowest BCUT2D eigenvalue weighted by Gasteiger charge is -2.33. The van der Waals surface area contributed by atoms with Crippen molar-refractivity contribution in [2.24, 2.45) is 0 Å². The third kappa shape index (κ3) is 16.0. The van der Waals surface area contributed by atoms with Gasteiger partial charge in [-0.1, -0.05) is 63.2 Å². The molecule has 0 bridgehead atoms. The van der Waals surface area contributed by atoms with Crippen LogP contribution >= 0.6 is 0 Å². The van der Waals surface area contributed by atoms with Crippen LogP contribution < -0.4 is 0 Å². The maximum absolute atomic E-state index is 12.3. The summed E-state index contributed by atoms with van der Waals surface area (Å²) in [6.07, 6.45) is 17.5. The van der Waals surface area contributed by atoms with Crippen molar-refractivity contribution in [3.63, 3.8) is 0 Å². The van der Waals surface area contributed by atoms with Gasteiger partial charge in [-0.05, 0) is 25.3 Å². The Morgan fingerprint density at radius 2 is 1.38 bits per heavy atom. The van der Waals surface area contributed by atoms with Crippen molar-refractivity contribution in [3.05, 3.63) is 24.3 Å². The second kappa shape index (κ2) is 15.4. The molecule has 1 unspecified atom stereocenters. The van der Waals surface area contributed by atoms with E-state index in [1.807, 2.05) is 6.08 Å². The van der Waals surface area contributed by atoms with E-state index in [9.17, 15) is 14.7 Å². The zero-order valence-electron chi connectivity index (χ0n) is 18.6. The van der Waals surface area contributed by atoms with Crippen LogP contribution in [0.1, 0.15) is 70.6 Å². The highest BCUT2D eigenvalue weighted by molar-refractivity contribution is 5.99. The number of carbonyl (C=O) groups is 2. The van der Waals surface area contributed by atoms with Gasteiger partial charge in [0.15, 0.2) is 11.4 Å². The molecular formula is C23H42NO5+. The second-order valence-electron chi connectivity index (χ2n) is 8.90. The number of hydrogen-bond donors (Lipinski definition) is 3. The van der Waals surface area contributed by atoms with E-state index in [1.165, 1.54) is 44.6 Å². The van der Waals surface area contributed by atoms with Crippen molar-refractivity contribution in [3.8, 4) is 0 Å². The number of aliphatic hydroxyl groups excluding tert-OH is 1. The summed E-state index contributed by atoms with van der Waals surface area (Å²) in [5, 5.41) is 28.3. The summed E-state index contributed by atoms with van der Waals surface area (Å²) in [7, 11) is 5.42. The Kier molecular flexibility index (Phi) is 14.6. The Morgan fingerprint density at radius 1 is 0.862 bits per heavy atom. The van der Waals surface area contributed by atoms with E-state index < -0.39 is 23.8 Å². The lowest BCUT2D eigenvalue weighted by Crippen LogP contribution is -2.54. The second-order valence-corrected chi connectivity index (χ2v) is 8.90. The molecule has 0 aliphatic heterocycles. The molecule has 0 fully saturated rings. The molecule has 0 aliphatic carbocycles. The van der Waals surface area contributed by atoms with Crippen molar-refractivity contribution >= 4 is 11.8 Å². The molecule has 0 aromatic heterocycles. The number of carbonyl (C=O) groups excluding carboxylic acids is 1. The van der Waals surface area contributed by atoms with Crippen LogP contribution in [0.4, 0.5) is 0 Å². The molecule has 0 saturated carbocycles. The number of aliphatic carboxylic acids is 1. The smallest absolute Gasteiger partial charge is 0.307 e. The van der Waals surface area contributed by atoms with Crippen LogP contribution in [0.3, 0.4) is 0 Å². The zero-order chi connectivity index (χ0) is 22.2. The highest BCUT2D eigenvalue weighted by atomic mass is 16.4. The molecule has 6 nitrogen and oxygen atoms in total. The summed E-state index contributed by atoms with van der Waals surface area (Å²) >= 11 is 0. The molecule has 29 heavy (non-hydrogen) atoms. The van der Waals surface area contributed by atoms with E-state index in [1.54, 1.807) is 33.3 Å². The Hall–Kier alpha value is -1.50. The van der Waals surface area contributed by atoms with Gasteiger partial charge in [0.05, 0.1) is 27.6 Å². The van der Waals surface area contributed by atoms with Gasteiger partial charge in [-0.25, -0.2) is 0 Å². The van der Waals surface area contributed by atoms with Crippen molar-refractivity contribution in [2.45, 2.75) is 76.2 Å². The van der Waals surface area contributed by atoms with E-state index in [0.29, 0.717) is 11.1 Å². The van der Waals surface area contributed by atoms with Gasteiger partial charge in [-0.3, -0.25) is 9.59 Å². The van der Waals surface area contributed by atoms with Gasteiger partial charge >= 0.3 is 5.97 Å². The third-order valence-electron chi connectivity index (χ3n) is 4.66. The number of hydrogen-bond acceptors (Lipinski definition) is 4. The number of aliphatic hydroxyl groups is 2. The highest BCUT2D eigenvalue weighted by Crippen LogP contribution is 2.17. The molecule has 0 amide bonds. The predicted octanol–water partition coefficient (Wildman–Crippen LogP) is 3.47. The first-order valence-electron chi connectivity index (χ1n) is 10.8. The van der Waals surface area contributed by atoms with Gasteiger partial charge in [0, 0.05) is 6.61 Å². The molecule has 0 radical (unpaired) electrons. The zero-order valence-corrected chi connectivity index (χ0v) is 18.6. The molecule has 0 saturated heterocycles. The maximum Gasteiger partial charge on any atom is 0.307 e. The van der Waals surface area contributed by atoms with Crippen LogP contribution in [0.5, 0.6) is 0 Å².